The zero-order valence-electron chi connectivity index (χ0n) is 25.1. The summed E-state index contributed by atoms with van der Waals surface area (Å²) in [5.41, 5.74) is -0.296. The molecule has 0 spiro atoms. The highest BCUT2D eigenvalue weighted by Gasteiger charge is 2.39. The monoisotopic (exact) mass is 550 g/mol. The highest BCUT2D eigenvalue weighted by Crippen LogP contribution is 2.27. The van der Waals surface area contributed by atoms with Crippen molar-refractivity contribution in [1.82, 2.24) is 5.32 Å². The number of amides is 2. The van der Waals surface area contributed by atoms with Crippen LogP contribution in [0.1, 0.15) is 97.0 Å². The summed E-state index contributed by atoms with van der Waals surface area (Å²) in [6.07, 6.45) is 2.13. The van der Waals surface area contributed by atoms with Crippen LogP contribution in [0.15, 0.2) is 18.2 Å². The number of benzene rings is 1. The summed E-state index contributed by atoms with van der Waals surface area (Å²) in [6, 6.07) is 4.51. The molecule has 2 N–H and O–H groups in total. The Labute approximate surface area is 232 Å². The van der Waals surface area contributed by atoms with Crippen molar-refractivity contribution in [1.29, 1.82) is 0 Å². The fourth-order valence-electron chi connectivity index (χ4n) is 3.73. The second-order valence-electron chi connectivity index (χ2n) is 12.3. The van der Waals surface area contributed by atoms with Crippen molar-refractivity contribution in [2.45, 2.75) is 105 Å². The van der Waals surface area contributed by atoms with Gasteiger partial charge in [-0.1, -0.05) is 20.8 Å². The third-order valence-corrected chi connectivity index (χ3v) is 5.84. The SMILES string of the molecule is COC(CC=O)(OC)C(=O)Nc1ccc(C(=O)OC(C)(C)C)cc1CNC(=O)OC(C)(C)CCCC(C)(C)C. The molecule has 2 amide bonds. The van der Waals surface area contributed by atoms with Crippen molar-refractivity contribution in [2.75, 3.05) is 19.5 Å². The average Bonchev–Trinajstić information content (AvgIpc) is 2.79. The Kier molecular flexibility index (Phi) is 12.1. The Balaban J connectivity index is 3.15. The molecule has 10 nitrogen and oxygen atoms in total. The highest BCUT2D eigenvalue weighted by atomic mass is 16.7. The number of carbonyl (C=O) groups excluding carboxylic acids is 4. The Bertz CT molecular complexity index is 1000. The van der Waals surface area contributed by atoms with E-state index >= 15 is 0 Å². The zero-order valence-corrected chi connectivity index (χ0v) is 25.1. The van der Waals surface area contributed by atoms with Gasteiger partial charge in [-0.05, 0) is 83.1 Å². The molecule has 39 heavy (non-hydrogen) atoms. The number of aldehydes is 1. The lowest BCUT2D eigenvalue weighted by Gasteiger charge is -2.28. The topological polar surface area (TPSA) is 129 Å². The number of anilines is 1. The number of rotatable bonds is 13. The number of hydrogen-bond donors (Lipinski definition) is 2. The summed E-state index contributed by atoms with van der Waals surface area (Å²) in [7, 11) is 2.50. The molecule has 0 aliphatic heterocycles. The molecule has 0 atom stereocenters. The van der Waals surface area contributed by atoms with Gasteiger partial charge in [0.05, 0.1) is 12.0 Å². The van der Waals surface area contributed by atoms with Crippen molar-refractivity contribution in [2.24, 2.45) is 5.41 Å². The van der Waals surface area contributed by atoms with Crippen LogP contribution in [0.4, 0.5) is 10.5 Å². The van der Waals surface area contributed by atoms with Gasteiger partial charge in [-0.25, -0.2) is 9.59 Å². The van der Waals surface area contributed by atoms with Gasteiger partial charge in [0, 0.05) is 26.5 Å². The summed E-state index contributed by atoms with van der Waals surface area (Å²) < 4.78 is 21.5. The van der Waals surface area contributed by atoms with E-state index in [0.717, 1.165) is 12.8 Å². The molecule has 1 aromatic rings. The summed E-state index contributed by atoms with van der Waals surface area (Å²) in [4.78, 5) is 49.5. The normalized spacial score (nSPS) is 12.5. The summed E-state index contributed by atoms with van der Waals surface area (Å²) >= 11 is 0. The standard InChI is InChI=1S/C29H46N2O8/c1-26(2,3)14-11-15-28(7,8)39-25(35)30-19-21-18-20(23(33)38-27(4,5)6)12-13-22(21)31-24(34)29(36-9,37-10)16-17-32/h12-13,17-18H,11,14-16,19H2,1-10H3,(H,30,35)(H,31,34). The van der Waals surface area contributed by atoms with Crippen LogP contribution in [0.5, 0.6) is 0 Å². The first-order valence-electron chi connectivity index (χ1n) is 13.1. The second kappa shape index (κ2) is 13.9. The van der Waals surface area contributed by atoms with E-state index in [9.17, 15) is 19.2 Å². The molecular weight excluding hydrogens is 504 g/mol. The maximum absolute atomic E-state index is 13.0. The Morgan fingerprint density at radius 2 is 1.51 bits per heavy atom. The Morgan fingerprint density at radius 3 is 2.03 bits per heavy atom. The molecule has 10 heteroatoms. The highest BCUT2D eigenvalue weighted by molar-refractivity contribution is 5.99. The van der Waals surface area contributed by atoms with Crippen LogP contribution in [0.25, 0.3) is 0 Å². The second-order valence-corrected chi connectivity index (χ2v) is 12.3. The van der Waals surface area contributed by atoms with Gasteiger partial charge in [-0.2, -0.15) is 0 Å². The molecule has 0 fully saturated rings. The molecule has 0 radical (unpaired) electrons. The number of carbonyl (C=O) groups is 4. The smallest absolute Gasteiger partial charge is 0.407 e. The third kappa shape index (κ3) is 11.7. The van der Waals surface area contributed by atoms with E-state index in [1.165, 1.54) is 32.4 Å². The fraction of sp³-hybridized carbons (Fsp3) is 0.655. The van der Waals surface area contributed by atoms with E-state index in [0.29, 0.717) is 18.3 Å². The predicted molar refractivity (Wildman–Crippen MR) is 148 cm³/mol. The van der Waals surface area contributed by atoms with E-state index in [4.69, 9.17) is 18.9 Å². The molecule has 0 bridgehead atoms. The minimum absolute atomic E-state index is 0.0657. The van der Waals surface area contributed by atoms with E-state index in [-0.39, 0.29) is 29.6 Å². The first kappa shape index (κ1) is 34.0. The summed E-state index contributed by atoms with van der Waals surface area (Å²) in [6.45, 7) is 15.4. The molecule has 0 heterocycles. The van der Waals surface area contributed by atoms with Crippen LogP contribution in [0.3, 0.4) is 0 Å². The van der Waals surface area contributed by atoms with Crippen LogP contribution in [0, 0.1) is 5.41 Å². The van der Waals surface area contributed by atoms with Crippen molar-refractivity contribution in [3.8, 4) is 0 Å². The lowest BCUT2D eigenvalue weighted by atomic mass is 9.87. The first-order chi connectivity index (χ1) is 17.9. The number of ether oxygens (including phenoxy) is 4. The first-order valence-corrected chi connectivity index (χ1v) is 13.1. The molecule has 0 saturated carbocycles. The van der Waals surface area contributed by atoms with E-state index in [1.807, 2.05) is 13.8 Å². The van der Waals surface area contributed by atoms with E-state index < -0.39 is 35.0 Å². The number of nitrogens with one attached hydrogen (secondary N) is 2. The quantitative estimate of drug-likeness (QED) is 0.190. The van der Waals surface area contributed by atoms with Crippen molar-refractivity contribution < 1.29 is 38.1 Å². The lowest BCUT2D eigenvalue weighted by Crippen LogP contribution is -2.47. The van der Waals surface area contributed by atoms with Gasteiger partial charge in [0.1, 0.15) is 17.5 Å². The fourth-order valence-corrected chi connectivity index (χ4v) is 3.73. The van der Waals surface area contributed by atoms with Crippen molar-refractivity contribution in [3.63, 3.8) is 0 Å². The van der Waals surface area contributed by atoms with E-state index in [1.54, 1.807) is 20.8 Å². The number of alkyl carbamates (subject to hydrolysis) is 1. The number of esters is 1. The van der Waals surface area contributed by atoms with Gasteiger partial charge in [0.15, 0.2) is 0 Å². The van der Waals surface area contributed by atoms with Gasteiger partial charge in [0.25, 0.3) is 11.7 Å². The molecule has 1 rings (SSSR count). The molecule has 220 valence electrons. The summed E-state index contributed by atoms with van der Waals surface area (Å²) in [5, 5.41) is 5.37. The maximum Gasteiger partial charge on any atom is 0.407 e. The minimum Gasteiger partial charge on any atom is -0.456 e. The van der Waals surface area contributed by atoms with Gasteiger partial charge < -0.3 is 34.4 Å². The third-order valence-electron chi connectivity index (χ3n) is 5.84. The van der Waals surface area contributed by atoms with Gasteiger partial charge in [-0.3, -0.25) is 4.79 Å². The summed E-state index contributed by atoms with van der Waals surface area (Å²) in [5.74, 6) is -3.13. The maximum atomic E-state index is 13.0. The van der Waals surface area contributed by atoms with Crippen molar-refractivity contribution in [3.05, 3.63) is 29.3 Å². The Morgan fingerprint density at radius 1 is 0.897 bits per heavy atom. The van der Waals surface area contributed by atoms with Crippen LogP contribution in [-0.2, 0) is 35.1 Å². The van der Waals surface area contributed by atoms with Crippen LogP contribution in [-0.4, -0.2) is 55.5 Å². The minimum atomic E-state index is -1.84. The molecule has 0 unspecified atom stereocenters. The molecular formula is C29H46N2O8. The molecule has 1 aromatic carbocycles. The Hall–Kier alpha value is -2.98. The predicted octanol–water partition coefficient (Wildman–Crippen LogP) is 5.38. The number of hydrogen-bond acceptors (Lipinski definition) is 8. The van der Waals surface area contributed by atoms with Gasteiger partial charge in [-0.15, -0.1) is 0 Å². The molecule has 0 aliphatic carbocycles. The van der Waals surface area contributed by atoms with Crippen LogP contribution >= 0.6 is 0 Å². The average molecular weight is 551 g/mol. The van der Waals surface area contributed by atoms with Crippen molar-refractivity contribution >= 4 is 29.9 Å². The number of methoxy groups -OCH3 is 2. The molecule has 0 aliphatic rings. The molecule has 0 aromatic heterocycles. The van der Waals surface area contributed by atoms with Crippen LogP contribution < -0.4 is 10.6 Å². The van der Waals surface area contributed by atoms with Crippen LogP contribution in [0.2, 0.25) is 0 Å². The molecule has 0 saturated heterocycles. The zero-order chi connectivity index (χ0) is 30.1. The van der Waals surface area contributed by atoms with E-state index in [2.05, 4.69) is 31.4 Å². The van der Waals surface area contributed by atoms with Gasteiger partial charge >= 0.3 is 12.1 Å². The van der Waals surface area contributed by atoms with Gasteiger partial charge in [0.2, 0.25) is 0 Å². The largest absolute Gasteiger partial charge is 0.456 e. The lowest BCUT2D eigenvalue weighted by molar-refractivity contribution is -0.205.